The molecule has 0 aliphatic carbocycles. The zero-order valence-electron chi connectivity index (χ0n) is 11.0. The predicted octanol–water partition coefficient (Wildman–Crippen LogP) is -0.409. The summed E-state index contributed by atoms with van der Waals surface area (Å²) in [5.74, 6) is -1.07. The summed E-state index contributed by atoms with van der Waals surface area (Å²) in [5, 5.41) is 10.3. The second-order valence-electron chi connectivity index (χ2n) is 4.97. The third-order valence-electron chi connectivity index (χ3n) is 3.24. The largest absolute Gasteiger partial charge is 0.368 e. The Kier molecular flexibility index (Phi) is 3.98. The summed E-state index contributed by atoms with van der Waals surface area (Å²) in [5.41, 5.74) is 5.79. The average molecular weight is 297 g/mol. The van der Waals surface area contributed by atoms with Crippen LogP contribution in [0.5, 0.6) is 0 Å². The Balaban J connectivity index is 1.96. The van der Waals surface area contributed by atoms with Crippen molar-refractivity contribution in [1.82, 2.24) is 15.1 Å². The zero-order chi connectivity index (χ0) is 14.8. The van der Waals surface area contributed by atoms with Gasteiger partial charge in [-0.05, 0) is 6.42 Å². The molecule has 2 heterocycles. The molecule has 3 N–H and O–H groups in total. The van der Waals surface area contributed by atoms with Gasteiger partial charge in [0.05, 0.1) is 12.0 Å². The normalized spacial score (nSPS) is 22.1. The number of amides is 3. The number of hydrogen-bond acceptors (Lipinski definition) is 6. The molecule has 3 amide bonds. The smallest absolute Gasteiger partial charge is 0.237 e. The van der Waals surface area contributed by atoms with Crippen molar-refractivity contribution in [3.63, 3.8) is 0 Å². The second-order valence-corrected chi connectivity index (χ2v) is 5.81. The Morgan fingerprint density at radius 1 is 1.60 bits per heavy atom. The Morgan fingerprint density at radius 2 is 2.35 bits per heavy atom. The molecule has 1 aliphatic heterocycles. The molecule has 1 fully saturated rings. The summed E-state index contributed by atoms with van der Waals surface area (Å²) in [6, 6.07) is 0. The first-order chi connectivity index (χ1) is 9.40. The molecule has 2 rings (SSSR count). The number of primary amides is 1. The molecule has 20 heavy (non-hydrogen) atoms. The van der Waals surface area contributed by atoms with Gasteiger partial charge in [-0.3, -0.25) is 14.4 Å². The van der Waals surface area contributed by atoms with Gasteiger partial charge in [0, 0.05) is 13.0 Å². The molecule has 1 unspecified atom stereocenters. The third kappa shape index (κ3) is 3.10. The van der Waals surface area contributed by atoms with E-state index in [-0.39, 0.29) is 24.8 Å². The van der Waals surface area contributed by atoms with Gasteiger partial charge in [-0.2, -0.15) is 0 Å². The van der Waals surface area contributed by atoms with Crippen LogP contribution in [0.1, 0.15) is 19.8 Å². The number of likely N-dealkylation sites (tertiary alicyclic amines) is 1. The van der Waals surface area contributed by atoms with Gasteiger partial charge in [-0.25, -0.2) is 0 Å². The predicted molar refractivity (Wildman–Crippen MR) is 71.7 cm³/mol. The molecule has 0 spiro atoms. The molecule has 9 heteroatoms. The molecule has 1 atom stereocenters. The van der Waals surface area contributed by atoms with Crippen LogP contribution >= 0.6 is 11.3 Å². The maximum absolute atomic E-state index is 12.2. The topological polar surface area (TPSA) is 118 Å². The minimum Gasteiger partial charge on any atom is -0.368 e. The van der Waals surface area contributed by atoms with Crippen molar-refractivity contribution in [3.05, 3.63) is 5.51 Å². The fraction of sp³-hybridized carbons (Fsp3) is 0.545. The number of nitrogens with one attached hydrogen (secondary N) is 1. The van der Waals surface area contributed by atoms with E-state index in [1.807, 2.05) is 0 Å². The van der Waals surface area contributed by atoms with Crippen LogP contribution in [0, 0.1) is 5.41 Å². The van der Waals surface area contributed by atoms with Crippen LogP contribution in [-0.2, 0) is 14.4 Å². The van der Waals surface area contributed by atoms with Crippen LogP contribution < -0.4 is 11.1 Å². The summed E-state index contributed by atoms with van der Waals surface area (Å²) in [6.45, 7) is 2.05. The number of aromatic nitrogens is 2. The van der Waals surface area contributed by atoms with Gasteiger partial charge in [-0.15, -0.1) is 10.2 Å². The van der Waals surface area contributed by atoms with Gasteiger partial charge in [-0.1, -0.05) is 18.3 Å². The first-order valence-electron chi connectivity index (χ1n) is 6.04. The van der Waals surface area contributed by atoms with E-state index in [0.717, 1.165) is 0 Å². The van der Waals surface area contributed by atoms with Gasteiger partial charge < -0.3 is 16.0 Å². The number of rotatable bonds is 5. The third-order valence-corrected chi connectivity index (χ3v) is 3.85. The van der Waals surface area contributed by atoms with E-state index in [0.29, 0.717) is 18.1 Å². The highest BCUT2D eigenvalue weighted by Gasteiger charge is 2.44. The lowest BCUT2D eigenvalue weighted by Crippen LogP contribution is -2.39. The van der Waals surface area contributed by atoms with Gasteiger partial charge in [0.15, 0.2) is 0 Å². The van der Waals surface area contributed by atoms with Crippen molar-refractivity contribution >= 4 is 34.2 Å². The lowest BCUT2D eigenvalue weighted by atomic mass is 9.85. The first-order valence-corrected chi connectivity index (χ1v) is 6.92. The number of anilines is 1. The van der Waals surface area contributed by atoms with Gasteiger partial charge >= 0.3 is 0 Å². The highest BCUT2D eigenvalue weighted by Crippen LogP contribution is 2.35. The molecule has 108 valence electrons. The van der Waals surface area contributed by atoms with Gasteiger partial charge in [0.2, 0.25) is 22.9 Å². The number of nitrogens with zero attached hydrogens (tertiary/aromatic N) is 3. The summed E-state index contributed by atoms with van der Waals surface area (Å²) < 4.78 is 0. The van der Waals surface area contributed by atoms with E-state index >= 15 is 0 Å². The number of carbonyl (C=O) groups excluding carboxylic acids is 3. The van der Waals surface area contributed by atoms with Gasteiger partial charge in [0.1, 0.15) is 5.51 Å². The van der Waals surface area contributed by atoms with E-state index in [1.165, 1.54) is 21.7 Å². The van der Waals surface area contributed by atoms with Gasteiger partial charge in [0.25, 0.3) is 0 Å². The number of hydrogen-bond donors (Lipinski definition) is 2. The summed E-state index contributed by atoms with van der Waals surface area (Å²) in [7, 11) is 0. The maximum Gasteiger partial charge on any atom is 0.237 e. The van der Waals surface area contributed by atoms with Crippen molar-refractivity contribution in [2.24, 2.45) is 11.1 Å². The van der Waals surface area contributed by atoms with Crippen molar-refractivity contribution in [1.29, 1.82) is 0 Å². The van der Waals surface area contributed by atoms with Crippen molar-refractivity contribution < 1.29 is 14.4 Å². The highest BCUT2D eigenvalue weighted by atomic mass is 32.1. The standard InChI is InChI=1S/C11H15N5O3S/c1-11(2-3-16(9(11)19)5-7(12)17)4-8(18)14-10-15-13-6-20-10/h6H,2-5H2,1H3,(H2,12,17)(H,14,15,18). The highest BCUT2D eigenvalue weighted by molar-refractivity contribution is 7.13. The molecule has 8 nitrogen and oxygen atoms in total. The quantitative estimate of drug-likeness (QED) is 0.766. The Labute approximate surface area is 119 Å². The molecule has 1 aliphatic rings. The monoisotopic (exact) mass is 297 g/mol. The Bertz CT molecular complexity index is 532. The molecule has 1 saturated heterocycles. The van der Waals surface area contributed by atoms with E-state index < -0.39 is 11.3 Å². The summed E-state index contributed by atoms with van der Waals surface area (Å²) >= 11 is 1.21. The lowest BCUT2D eigenvalue weighted by Gasteiger charge is -2.22. The molecule has 0 saturated carbocycles. The van der Waals surface area contributed by atoms with Crippen LogP contribution in [0.4, 0.5) is 5.13 Å². The van der Waals surface area contributed by atoms with Crippen molar-refractivity contribution in [2.45, 2.75) is 19.8 Å². The lowest BCUT2D eigenvalue weighted by molar-refractivity contribution is -0.139. The summed E-state index contributed by atoms with van der Waals surface area (Å²) in [4.78, 5) is 36.4. The molecule has 0 bridgehead atoms. The Hall–Kier alpha value is -2.03. The van der Waals surface area contributed by atoms with Crippen LogP contribution in [0.3, 0.4) is 0 Å². The number of carbonyl (C=O) groups is 3. The van der Waals surface area contributed by atoms with E-state index in [4.69, 9.17) is 5.73 Å². The Morgan fingerprint density at radius 3 is 2.95 bits per heavy atom. The first kappa shape index (κ1) is 14.4. The molecule has 1 aromatic rings. The van der Waals surface area contributed by atoms with Crippen LogP contribution in [0.15, 0.2) is 5.51 Å². The molecular weight excluding hydrogens is 282 g/mol. The van der Waals surface area contributed by atoms with E-state index in [9.17, 15) is 14.4 Å². The van der Waals surface area contributed by atoms with Crippen molar-refractivity contribution in [2.75, 3.05) is 18.4 Å². The SMILES string of the molecule is CC1(CC(=O)Nc2nncs2)CCN(CC(N)=O)C1=O. The van der Waals surface area contributed by atoms with E-state index in [2.05, 4.69) is 15.5 Å². The zero-order valence-corrected chi connectivity index (χ0v) is 11.8. The molecular formula is C11H15N5O3S. The summed E-state index contributed by atoms with van der Waals surface area (Å²) in [6.07, 6.45) is 0.559. The minimum atomic E-state index is -0.801. The maximum atomic E-state index is 12.2. The van der Waals surface area contributed by atoms with Crippen LogP contribution in [-0.4, -0.2) is 45.9 Å². The van der Waals surface area contributed by atoms with Crippen molar-refractivity contribution in [3.8, 4) is 0 Å². The fourth-order valence-corrected chi connectivity index (χ4v) is 2.68. The number of nitrogens with two attached hydrogens (primary N) is 1. The molecule has 0 aromatic carbocycles. The average Bonchev–Trinajstić information content (AvgIpc) is 2.93. The molecule has 0 radical (unpaired) electrons. The fourth-order valence-electron chi connectivity index (χ4n) is 2.22. The van der Waals surface area contributed by atoms with Crippen LogP contribution in [0.2, 0.25) is 0 Å². The minimum absolute atomic E-state index is 0.0423. The molecule has 1 aromatic heterocycles. The van der Waals surface area contributed by atoms with Crippen LogP contribution in [0.25, 0.3) is 0 Å². The second kappa shape index (κ2) is 5.53. The van der Waals surface area contributed by atoms with E-state index in [1.54, 1.807) is 6.92 Å².